The van der Waals surface area contributed by atoms with E-state index in [4.69, 9.17) is 4.42 Å². The lowest BCUT2D eigenvalue weighted by atomic mass is 10.0. The number of imidazole rings is 1. The predicted molar refractivity (Wildman–Crippen MR) is 71.9 cm³/mol. The molecule has 2 N–H and O–H groups in total. The summed E-state index contributed by atoms with van der Waals surface area (Å²) in [4.78, 5) is 12.2. The summed E-state index contributed by atoms with van der Waals surface area (Å²) in [6.07, 6.45) is 1.89. The molecular formula is C14H14N4O. The van der Waals surface area contributed by atoms with Gasteiger partial charge in [-0.15, -0.1) is 0 Å². The van der Waals surface area contributed by atoms with Crippen molar-refractivity contribution in [1.29, 1.82) is 0 Å². The van der Waals surface area contributed by atoms with E-state index in [2.05, 4.69) is 20.3 Å². The number of aromatic nitrogens is 3. The Hall–Kier alpha value is -2.14. The Labute approximate surface area is 110 Å². The highest BCUT2D eigenvalue weighted by Crippen LogP contribution is 2.25. The van der Waals surface area contributed by atoms with E-state index in [1.54, 1.807) is 0 Å². The van der Waals surface area contributed by atoms with Crippen LogP contribution in [0.1, 0.15) is 17.6 Å². The average molecular weight is 254 g/mol. The van der Waals surface area contributed by atoms with E-state index in [1.165, 1.54) is 0 Å². The topological polar surface area (TPSA) is 66.7 Å². The first-order valence-corrected chi connectivity index (χ1v) is 6.43. The fourth-order valence-corrected chi connectivity index (χ4v) is 2.38. The van der Waals surface area contributed by atoms with E-state index in [9.17, 15) is 0 Å². The first-order chi connectivity index (χ1) is 9.29. The summed E-state index contributed by atoms with van der Waals surface area (Å²) in [6.45, 7) is 3.87. The summed E-state index contributed by atoms with van der Waals surface area (Å²) in [5, 5.41) is 3.25. The van der Waals surface area contributed by atoms with Gasteiger partial charge in [0.25, 0.3) is 0 Å². The molecule has 5 heteroatoms. The quantitative estimate of drug-likeness (QED) is 0.735. The zero-order valence-corrected chi connectivity index (χ0v) is 10.6. The Bertz CT molecular complexity index is 739. The molecule has 0 atom stereocenters. The maximum Gasteiger partial charge on any atom is 0.192 e. The molecule has 0 spiro atoms. The predicted octanol–water partition coefficient (Wildman–Crippen LogP) is 2.21. The van der Waals surface area contributed by atoms with Crippen LogP contribution >= 0.6 is 0 Å². The maximum absolute atomic E-state index is 5.56. The lowest BCUT2D eigenvalue weighted by Gasteiger charge is -2.24. The van der Waals surface area contributed by atoms with Crippen molar-refractivity contribution < 1.29 is 4.42 Å². The van der Waals surface area contributed by atoms with Crippen molar-refractivity contribution in [2.75, 3.05) is 13.1 Å². The fourth-order valence-electron chi connectivity index (χ4n) is 2.38. The second-order valence-corrected chi connectivity index (χ2v) is 4.95. The minimum atomic E-state index is 0.519. The van der Waals surface area contributed by atoms with E-state index in [-0.39, 0.29) is 0 Å². The molecule has 2 aromatic heterocycles. The zero-order chi connectivity index (χ0) is 12.8. The SMILES string of the molecule is Cc1nc2ccc(-c3cnc(C4CNC4)[nH]3)cc2o1. The number of rotatable bonds is 2. The molecule has 0 amide bonds. The standard InChI is InChI=1S/C14H14N4O/c1-8-17-11-3-2-9(4-13(11)19-8)12-7-16-14(18-12)10-5-15-6-10/h2-4,7,10,15H,5-6H2,1H3,(H,16,18). The van der Waals surface area contributed by atoms with Gasteiger partial charge in [-0.05, 0) is 12.1 Å². The molecule has 1 saturated heterocycles. The van der Waals surface area contributed by atoms with Crippen LogP contribution in [0.5, 0.6) is 0 Å². The molecule has 19 heavy (non-hydrogen) atoms. The Balaban J connectivity index is 1.74. The van der Waals surface area contributed by atoms with E-state index in [1.807, 2.05) is 31.3 Å². The van der Waals surface area contributed by atoms with Gasteiger partial charge in [-0.1, -0.05) is 6.07 Å². The van der Waals surface area contributed by atoms with Crippen LogP contribution in [0, 0.1) is 6.92 Å². The Morgan fingerprint density at radius 2 is 2.21 bits per heavy atom. The Kier molecular flexibility index (Phi) is 2.22. The lowest BCUT2D eigenvalue weighted by molar-refractivity contribution is 0.433. The van der Waals surface area contributed by atoms with Gasteiger partial charge in [0, 0.05) is 31.5 Å². The molecule has 1 aromatic carbocycles. The zero-order valence-electron chi connectivity index (χ0n) is 10.6. The molecule has 5 nitrogen and oxygen atoms in total. The smallest absolute Gasteiger partial charge is 0.192 e. The molecule has 3 heterocycles. The first kappa shape index (κ1) is 10.8. The normalized spacial score (nSPS) is 15.8. The molecule has 0 aliphatic carbocycles. The van der Waals surface area contributed by atoms with Gasteiger partial charge in [-0.2, -0.15) is 0 Å². The third kappa shape index (κ3) is 1.74. The number of aromatic amines is 1. The van der Waals surface area contributed by atoms with Crippen LogP contribution < -0.4 is 5.32 Å². The highest BCUT2D eigenvalue weighted by Gasteiger charge is 2.21. The molecule has 0 unspecified atom stereocenters. The number of oxazole rings is 1. The van der Waals surface area contributed by atoms with Gasteiger partial charge in [0.2, 0.25) is 0 Å². The highest BCUT2D eigenvalue weighted by molar-refractivity contribution is 5.79. The minimum absolute atomic E-state index is 0.519. The molecule has 96 valence electrons. The van der Waals surface area contributed by atoms with Crippen molar-refractivity contribution in [3.05, 3.63) is 36.1 Å². The lowest BCUT2D eigenvalue weighted by Crippen LogP contribution is -2.40. The fraction of sp³-hybridized carbons (Fsp3) is 0.286. The summed E-state index contributed by atoms with van der Waals surface area (Å²) in [5.41, 5.74) is 3.81. The van der Waals surface area contributed by atoms with Crippen molar-refractivity contribution in [3.8, 4) is 11.3 Å². The van der Waals surface area contributed by atoms with Crippen LogP contribution in [0.15, 0.2) is 28.8 Å². The molecule has 1 aliphatic heterocycles. The van der Waals surface area contributed by atoms with Crippen LogP contribution in [0.25, 0.3) is 22.4 Å². The molecule has 4 rings (SSSR count). The number of nitrogens with zero attached hydrogens (tertiary/aromatic N) is 2. The van der Waals surface area contributed by atoms with Gasteiger partial charge >= 0.3 is 0 Å². The summed E-state index contributed by atoms with van der Waals surface area (Å²) >= 11 is 0. The Morgan fingerprint density at radius 1 is 1.32 bits per heavy atom. The molecule has 1 aliphatic rings. The van der Waals surface area contributed by atoms with E-state index in [0.717, 1.165) is 41.3 Å². The maximum atomic E-state index is 5.56. The average Bonchev–Trinajstić information content (AvgIpc) is 2.91. The number of hydrogen-bond donors (Lipinski definition) is 2. The molecule has 3 aromatic rings. The van der Waals surface area contributed by atoms with Gasteiger partial charge in [0.05, 0.1) is 11.9 Å². The third-order valence-corrected chi connectivity index (χ3v) is 3.57. The van der Waals surface area contributed by atoms with Gasteiger partial charge in [-0.25, -0.2) is 9.97 Å². The molecule has 0 bridgehead atoms. The van der Waals surface area contributed by atoms with Crippen molar-refractivity contribution in [3.63, 3.8) is 0 Å². The molecule has 0 radical (unpaired) electrons. The van der Waals surface area contributed by atoms with E-state index < -0.39 is 0 Å². The second kappa shape index (κ2) is 3.93. The second-order valence-electron chi connectivity index (χ2n) is 4.95. The van der Waals surface area contributed by atoms with Crippen molar-refractivity contribution in [1.82, 2.24) is 20.3 Å². The van der Waals surface area contributed by atoms with Crippen LogP contribution in [-0.2, 0) is 0 Å². The third-order valence-electron chi connectivity index (χ3n) is 3.57. The minimum Gasteiger partial charge on any atom is -0.441 e. The number of H-pyrrole nitrogens is 1. The van der Waals surface area contributed by atoms with Crippen molar-refractivity contribution in [2.24, 2.45) is 0 Å². The van der Waals surface area contributed by atoms with Crippen molar-refractivity contribution >= 4 is 11.1 Å². The largest absolute Gasteiger partial charge is 0.441 e. The number of hydrogen-bond acceptors (Lipinski definition) is 4. The summed E-state index contributed by atoms with van der Waals surface area (Å²) < 4.78 is 5.56. The highest BCUT2D eigenvalue weighted by atomic mass is 16.3. The van der Waals surface area contributed by atoms with Gasteiger partial charge in [0.15, 0.2) is 11.5 Å². The van der Waals surface area contributed by atoms with Gasteiger partial charge in [0.1, 0.15) is 11.3 Å². The van der Waals surface area contributed by atoms with Crippen LogP contribution in [0.2, 0.25) is 0 Å². The summed E-state index contributed by atoms with van der Waals surface area (Å²) in [6, 6.07) is 6.03. The van der Waals surface area contributed by atoms with E-state index >= 15 is 0 Å². The molecule has 1 fully saturated rings. The summed E-state index contributed by atoms with van der Waals surface area (Å²) in [5.74, 6) is 2.27. The van der Waals surface area contributed by atoms with Crippen molar-refractivity contribution in [2.45, 2.75) is 12.8 Å². The van der Waals surface area contributed by atoms with Crippen LogP contribution in [0.3, 0.4) is 0 Å². The Morgan fingerprint density at radius 3 is 3.00 bits per heavy atom. The van der Waals surface area contributed by atoms with Crippen LogP contribution in [-0.4, -0.2) is 28.0 Å². The monoisotopic (exact) mass is 254 g/mol. The number of benzene rings is 1. The van der Waals surface area contributed by atoms with Crippen LogP contribution in [0.4, 0.5) is 0 Å². The number of fused-ring (bicyclic) bond motifs is 1. The van der Waals surface area contributed by atoms with Gasteiger partial charge < -0.3 is 14.7 Å². The number of nitrogens with one attached hydrogen (secondary N) is 2. The molecular weight excluding hydrogens is 240 g/mol. The summed E-state index contributed by atoms with van der Waals surface area (Å²) in [7, 11) is 0. The molecule has 0 saturated carbocycles. The first-order valence-electron chi connectivity index (χ1n) is 6.43. The van der Waals surface area contributed by atoms with Gasteiger partial charge in [-0.3, -0.25) is 0 Å². The van der Waals surface area contributed by atoms with E-state index in [0.29, 0.717) is 11.8 Å². The number of aryl methyl sites for hydroxylation is 1.